The number of nitrogens with zero attached hydrogens (tertiary/aromatic N) is 2. The lowest BCUT2D eigenvalue weighted by Crippen LogP contribution is -2.16. The molecule has 1 rings (SSSR count). The minimum atomic E-state index is -0.488. The number of nitriles is 1. The van der Waals surface area contributed by atoms with Crippen LogP contribution in [0.3, 0.4) is 0 Å². The van der Waals surface area contributed by atoms with E-state index < -0.39 is 5.56 Å². The third-order valence-corrected chi connectivity index (χ3v) is 1.29. The van der Waals surface area contributed by atoms with Crippen LogP contribution < -0.4 is 10.8 Å². The summed E-state index contributed by atoms with van der Waals surface area (Å²) in [5.41, 5.74) is -0.596. The number of anilines is 1. The Bertz CT molecular complexity index is 392. The van der Waals surface area contributed by atoms with Crippen molar-refractivity contribution in [2.45, 2.75) is 6.92 Å². The number of aryl methyl sites for hydroxylation is 1. The van der Waals surface area contributed by atoms with E-state index in [1.54, 1.807) is 13.0 Å². The summed E-state index contributed by atoms with van der Waals surface area (Å²) in [4.78, 5) is 17.2. The summed E-state index contributed by atoms with van der Waals surface area (Å²) in [5, 5.41) is 10.7. The zero-order valence-electron chi connectivity index (χ0n) is 6.38. The average Bonchev–Trinajstić information content (AvgIpc) is 2.03. The van der Waals surface area contributed by atoms with Gasteiger partial charge in [-0.3, -0.25) is 4.79 Å². The molecule has 0 amide bonds. The molecule has 0 aliphatic heterocycles. The lowest BCUT2D eigenvalue weighted by atomic mass is 10.3. The van der Waals surface area contributed by atoms with Gasteiger partial charge in [-0.15, -0.1) is 0 Å². The molecule has 0 unspecified atom stereocenters. The van der Waals surface area contributed by atoms with Crippen LogP contribution in [0.15, 0.2) is 4.79 Å². The van der Waals surface area contributed by atoms with Crippen LogP contribution in [0.5, 0.6) is 0 Å². The number of rotatable bonds is 1. The third-order valence-electron chi connectivity index (χ3n) is 1.29. The van der Waals surface area contributed by atoms with E-state index in [1.807, 2.05) is 0 Å². The Labute approximate surface area is 69.9 Å². The van der Waals surface area contributed by atoms with Crippen molar-refractivity contribution >= 4 is 13.8 Å². The summed E-state index contributed by atoms with van der Waals surface area (Å²) >= 11 is 0. The van der Waals surface area contributed by atoms with Crippen LogP contribution in [0, 0.1) is 18.3 Å². The van der Waals surface area contributed by atoms with E-state index in [2.05, 4.69) is 15.2 Å². The lowest BCUT2D eigenvalue weighted by Gasteiger charge is -2.01. The first-order valence-corrected chi connectivity index (χ1v) is 3.16. The molecule has 0 bridgehead atoms. The van der Waals surface area contributed by atoms with E-state index in [-0.39, 0.29) is 11.4 Å². The fraction of sp³-hybridized carbons (Fsp3) is 0.167. The van der Waals surface area contributed by atoms with Crippen molar-refractivity contribution < 1.29 is 0 Å². The molecule has 0 aliphatic carbocycles. The molecule has 6 heteroatoms. The smallest absolute Gasteiger partial charge is 0.270 e. The Kier molecular flexibility index (Phi) is 2.15. The minimum absolute atomic E-state index is 0.0961. The Morgan fingerprint density at radius 2 is 2.42 bits per heavy atom. The summed E-state index contributed by atoms with van der Waals surface area (Å²) in [6.45, 7) is 1.60. The van der Waals surface area contributed by atoms with Gasteiger partial charge in [0.2, 0.25) is 7.98 Å². The maximum Gasteiger partial charge on any atom is 0.270 e. The van der Waals surface area contributed by atoms with Crippen molar-refractivity contribution in [1.29, 1.82) is 5.26 Å². The zero-order valence-corrected chi connectivity index (χ0v) is 6.38. The van der Waals surface area contributed by atoms with E-state index in [0.29, 0.717) is 5.82 Å². The van der Waals surface area contributed by atoms with Gasteiger partial charge in [0.15, 0.2) is 5.56 Å². The van der Waals surface area contributed by atoms with E-state index >= 15 is 0 Å². The van der Waals surface area contributed by atoms with Crippen LogP contribution in [0.2, 0.25) is 0 Å². The second-order valence-electron chi connectivity index (χ2n) is 2.13. The fourth-order valence-corrected chi connectivity index (χ4v) is 0.794. The number of aromatic amines is 1. The van der Waals surface area contributed by atoms with E-state index in [0.717, 1.165) is 0 Å². The molecule has 0 saturated carbocycles. The average molecular weight is 160 g/mol. The molecule has 0 spiro atoms. The molecule has 1 aromatic rings. The third kappa shape index (κ3) is 1.30. The monoisotopic (exact) mass is 160 g/mol. The Morgan fingerprint density at radius 3 is 2.92 bits per heavy atom. The van der Waals surface area contributed by atoms with Gasteiger partial charge in [0.05, 0.1) is 0 Å². The molecular weight excluding hydrogens is 155 g/mol. The standard InChI is InChI=1S/C6H5BN4O/c1-3-9-5(11-7)4(2-8)6(12)10-3/h1H3,(H2,9,10,11,12). The maximum atomic E-state index is 11.0. The van der Waals surface area contributed by atoms with Gasteiger partial charge in [-0.25, -0.2) is 4.98 Å². The van der Waals surface area contributed by atoms with Crippen LogP contribution >= 0.6 is 0 Å². The summed E-state index contributed by atoms with van der Waals surface area (Å²) in [6.07, 6.45) is 0. The second-order valence-corrected chi connectivity index (χ2v) is 2.13. The van der Waals surface area contributed by atoms with Gasteiger partial charge in [-0.1, -0.05) is 0 Å². The Hall–Kier alpha value is -1.77. The normalized spacial score (nSPS) is 9.00. The van der Waals surface area contributed by atoms with Crippen LogP contribution in [0.4, 0.5) is 5.82 Å². The molecule has 0 saturated heterocycles. The molecule has 5 nitrogen and oxygen atoms in total. The summed E-state index contributed by atoms with van der Waals surface area (Å²) in [6, 6.07) is 1.69. The van der Waals surface area contributed by atoms with Crippen molar-refractivity contribution in [3.05, 3.63) is 21.7 Å². The minimum Gasteiger partial charge on any atom is -0.421 e. The SMILES string of the molecule is [B]Nc1nc(C)[nH]c(=O)c1C#N. The molecule has 0 aromatic carbocycles. The number of H-pyrrole nitrogens is 1. The summed E-state index contributed by atoms with van der Waals surface area (Å²) in [7, 11) is 5.05. The van der Waals surface area contributed by atoms with Crippen molar-refractivity contribution in [3.63, 3.8) is 0 Å². The molecule has 1 aromatic heterocycles. The molecule has 58 valence electrons. The quantitative estimate of drug-likeness (QED) is 0.539. The zero-order chi connectivity index (χ0) is 9.14. The van der Waals surface area contributed by atoms with E-state index in [4.69, 9.17) is 13.2 Å². The van der Waals surface area contributed by atoms with E-state index in [9.17, 15) is 4.79 Å². The molecule has 0 fully saturated rings. The number of aromatic nitrogens is 2. The maximum absolute atomic E-state index is 11.0. The highest BCUT2D eigenvalue weighted by Gasteiger charge is 2.06. The molecule has 0 atom stereocenters. The van der Waals surface area contributed by atoms with Gasteiger partial charge in [0, 0.05) is 0 Å². The number of nitrogens with one attached hydrogen (secondary N) is 2. The van der Waals surface area contributed by atoms with Gasteiger partial charge in [0.25, 0.3) is 5.56 Å². The number of hydrogen-bond donors (Lipinski definition) is 2. The summed E-state index contributed by atoms with van der Waals surface area (Å²) < 4.78 is 0. The first kappa shape index (κ1) is 8.33. The van der Waals surface area contributed by atoms with Gasteiger partial charge in [-0.05, 0) is 6.92 Å². The first-order valence-electron chi connectivity index (χ1n) is 3.16. The molecule has 2 radical (unpaired) electrons. The fourth-order valence-electron chi connectivity index (χ4n) is 0.794. The highest BCUT2D eigenvalue weighted by atomic mass is 16.1. The van der Waals surface area contributed by atoms with Gasteiger partial charge < -0.3 is 10.2 Å². The van der Waals surface area contributed by atoms with E-state index in [1.165, 1.54) is 0 Å². The van der Waals surface area contributed by atoms with Crippen molar-refractivity contribution in [1.82, 2.24) is 9.97 Å². The Morgan fingerprint density at radius 1 is 1.75 bits per heavy atom. The van der Waals surface area contributed by atoms with Crippen LogP contribution in [-0.4, -0.2) is 17.9 Å². The highest BCUT2D eigenvalue weighted by molar-refractivity contribution is 6.15. The lowest BCUT2D eigenvalue weighted by molar-refractivity contribution is 1.02. The molecule has 0 aliphatic rings. The highest BCUT2D eigenvalue weighted by Crippen LogP contribution is 2.03. The van der Waals surface area contributed by atoms with Crippen LogP contribution in [-0.2, 0) is 0 Å². The molecule has 12 heavy (non-hydrogen) atoms. The first-order chi connectivity index (χ1) is 5.69. The predicted octanol–water partition coefficient (Wildman–Crippen LogP) is -0.555. The molecule has 1 heterocycles. The van der Waals surface area contributed by atoms with Gasteiger partial charge in [0.1, 0.15) is 17.7 Å². The molecular formula is C6H5BN4O. The molecule has 2 N–H and O–H groups in total. The largest absolute Gasteiger partial charge is 0.421 e. The predicted molar refractivity (Wildman–Crippen MR) is 43.7 cm³/mol. The topological polar surface area (TPSA) is 81.6 Å². The van der Waals surface area contributed by atoms with Gasteiger partial charge >= 0.3 is 0 Å². The number of hydrogen-bond acceptors (Lipinski definition) is 4. The van der Waals surface area contributed by atoms with Crippen molar-refractivity contribution in [2.75, 3.05) is 5.23 Å². The van der Waals surface area contributed by atoms with Crippen molar-refractivity contribution in [3.8, 4) is 6.07 Å². The van der Waals surface area contributed by atoms with Crippen LogP contribution in [0.25, 0.3) is 0 Å². The van der Waals surface area contributed by atoms with Gasteiger partial charge in [-0.2, -0.15) is 5.26 Å². The Balaban J connectivity index is 3.47. The summed E-state index contributed by atoms with van der Waals surface area (Å²) in [5.74, 6) is 0.505. The van der Waals surface area contributed by atoms with Crippen LogP contribution in [0.1, 0.15) is 11.4 Å². The van der Waals surface area contributed by atoms with Crippen molar-refractivity contribution in [2.24, 2.45) is 0 Å². The second kappa shape index (κ2) is 3.09.